The van der Waals surface area contributed by atoms with Crippen molar-refractivity contribution in [3.63, 3.8) is 0 Å². The predicted molar refractivity (Wildman–Crippen MR) is 155 cm³/mol. The van der Waals surface area contributed by atoms with Crippen molar-refractivity contribution in [2.24, 2.45) is 0 Å². The van der Waals surface area contributed by atoms with Crippen LogP contribution >= 0.6 is 0 Å². The lowest BCUT2D eigenvalue weighted by Crippen LogP contribution is -2.54. The number of rotatable bonds is 14. The lowest BCUT2D eigenvalue weighted by Gasteiger charge is -2.35. The van der Waals surface area contributed by atoms with Gasteiger partial charge >= 0.3 is 17.9 Å². The van der Waals surface area contributed by atoms with Crippen molar-refractivity contribution in [1.29, 1.82) is 0 Å². The molecule has 1 saturated heterocycles. The molecule has 2 aromatic rings. The second-order valence-corrected chi connectivity index (χ2v) is 10.2. The Morgan fingerprint density at radius 1 is 0.667 bits per heavy atom. The van der Waals surface area contributed by atoms with Crippen molar-refractivity contribution in [2.75, 3.05) is 72.1 Å². The van der Waals surface area contributed by atoms with Crippen LogP contribution in [0.15, 0.2) is 60.7 Å². The van der Waals surface area contributed by atoms with Crippen molar-refractivity contribution < 1.29 is 39.2 Å². The standard InChI is InChI=1S/C30H42N4O8/c35-28(36)19-32-13-11-31-12-14-33(26(29(37)38)22-41-20-24-7-3-1-4-8-24)17-18-34(16-15-32)27(30(39)40)23-42-21-25-9-5-2-6-10-25/h1-10,26-27,31H,11-23H2,(H,35,36)(H,37,38)(H,39,40). The van der Waals surface area contributed by atoms with E-state index in [1.165, 1.54) is 0 Å². The van der Waals surface area contributed by atoms with E-state index in [2.05, 4.69) is 5.32 Å². The second-order valence-electron chi connectivity index (χ2n) is 10.2. The maximum absolute atomic E-state index is 12.4. The molecule has 0 bridgehead atoms. The fourth-order valence-electron chi connectivity index (χ4n) is 4.81. The molecular weight excluding hydrogens is 544 g/mol. The van der Waals surface area contributed by atoms with Crippen LogP contribution in [0.1, 0.15) is 11.1 Å². The van der Waals surface area contributed by atoms with Crippen LogP contribution in [0.2, 0.25) is 0 Å². The van der Waals surface area contributed by atoms with Crippen LogP contribution in [0.4, 0.5) is 0 Å². The highest BCUT2D eigenvalue weighted by atomic mass is 16.5. The summed E-state index contributed by atoms with van der Waals surface area (Å²) in [7, 11) is 0. The summed E-state index contributed by atoms with van der Waals surface area (Å²) in [6, 6.07) is 17.0. The third kappa shape index (κ3) is 11.8. The van der Waals surface area contributed by atoms with Gasteiger partial charge in [0.05, 0.1) is 33.0 Å². The smallest absolute Gasteiger partial charge is 0.323 e. The van der Waals surface area contributed by atoms with E-state index in [0.29, 0.717) is 32.7 Å². The lowest BCUT2D eigenvalue weighted by molar-refractivity contribution is -0.149. The van der Waals surface area contributed by atoms with E-state index in [9.17, 15) is 29.7 Å². The molecule has 1 aliphatic rings. The number of carbonyl (C=O) groups is 3. The molecule has 1 heterocycles. The van der Waals surface area contributed by atoms with E-state index < -0.39 is 30.0 Å². The number of nitrogens with one attached hydrogen (secondary N) is 1. The Bertz CT molecular complexity index is 1090. The Morgan fingerprint density at radius 3 is 1.60 bits per heavy atom. The Labute approximate surface area is 246 Å². The number of hydrogen-bond acceptors (Lipinski definition) is 9. The minimum absolute atomic E-state index is 0.0286. The van der Waals surface area contributed by atoms with E-state index in [0.717, 1.165) is 11.1 Å². The fourth-order valence-corrected chi connectivity index (χ4v) is 4.81. The summed E-state index contributed by atoms with van der Waals surface area (Å²) in [5.41, 5.74) is 1.86. The number of carboxylic acid groups (broad SMARTS) is 3. The third-order valence-electron chi connectivity index (χ3n) is 7.14. The van der Waals surface area contributed by atoms with E-state index in [1.54, 1.807) is 14.7 Å². The molecule has 0 amide bonds. The van der Waals surface area contributed by atoms with Gasteiger partial charge in [0.15, 0.2) is 0 Å². The highest BCUT2D eigenvalue weighted by molar-refractivity contribution is 5.74. The first-order valence-electron chi connectivity index (χ1n) is 14.2. The average Bonchev–Trinajstić information content (AvgIpc) is 2.96. The highest BCUT2D eigenvalue weighted by Crippen LogP contribution is 2.10. The molecular formula is C30H42N4O8. The summed E-state index contributed by atoms with van der Waals surface area (Å²) >= 11 is 0. The molecule has 2 aromatic carbocycles. The molecule has 0 aromatic heterocycles. The predicted octanol–water partition coefficient (Wildman–Crippen LogP) is 0.920. The number of ether oxygens (including phenoxy) is 2. The maximum atomic E-state index is 12.4. The first-order valence-corrected chi connectivity index (χ1v) is 14.2. The van der Waals surface area contributed by atoms with Crippen molar-refractivity contribution >= 4 is 17.9 Å². The summed E-state index contributed by atoms with van der Waals surface area (Å²) in [5.74, 6) is -3.04. The molecule has 0 saturated carbocycles. The van der Waals surface area contributed by atoms with Crippen molar-refractivity contribution in [3.8, 4) is 0 Å². The molecule has 0 spiro atoms. The normalized spacial score (nSPS) is 17.9. The van der Waals surface area contributed by atoms with Crippen LogP contribution in [-0.4, -0.2) is 132 Å². The van der Waals surface area contributed by atoms with Crippen LogP contribution in [0.25, 0.3) is 0 Å². The summed E-state index contributed by atoms with van der Waals surface area (Å²) in [6.07, 6.45) is 0. The van der Waals surface area contributed by atoms with Crippen LogP contribution in [0, 0.1) is 0 Å². The van der Waals surface area contributed by atoms with Gasteiger partial charge in [-0.3, -0.25) is 29.1 Å². The summed E-state index contributed by atoms with van der Waals surface area (Å²) in [4.78, 5) is 41.5. The van der Waals surface area contributed by atoms with Crippen molar-refractivity contribution in [3.05, 3.63) is 71.8 Å². The van der Waals surface area contributed by atoms with Gasteiger partial charge in [-0.15, -0.1) is 0 Å². The SMILES string of the molecule is O=C(O)CN1CCNCCN(C(COCc2ccccc2)C(=O)O)CCN(C(COCc2ccccc2)C(=O)O)CC1. The van der Waals surface area contributed by atoms with E-state index in [1.807, 2.05) is 60.7 Å². The van der Waals surface area contributed by atoms with Gasteiger partial charge in [-0.2, -0.15) is 0 Å². The zero-order valence-electron chi connectivity index (χ0n) is 23.8. The monoisotopic (exact) mass is 586 g/mol. The lowest BCUT2D eigenvalue weighted by atomic mass is 10.2. The van der Waals surface area contributed by atoms with Crippen molar-refractivity contribution in [1.82, 2.24) is 20.0 Å². The maximum Gasteiger partial charge on any atom is 0.323 e. The zero-order chi connectivity index (χ0) is 30.2. The topological polar surface area (TPSA) is 152 Å². The molecule has 230 valence electrons. The molecule has 2 atom stereocenters. The van der Waals surface area contributed by atoms with Crippen molar-refractivity contribution in [2.45, 2.75) is 25.3 Å². The van der Waals surface area contributed by atoms with E-state index in [4.69, 9.17) is 9.47 Å². The summed E-state index contributed by atoms with van der Waals surface area (Å²) in [5, 5.41) is 32.9. The zero-order valence-corrected chi connectivity index (χ0v) is 23.8. The Kier molecular flexibility index (Phi) is 14.4. The van der Waals surface area contributed by atoms with E-state index >= 15 is 0 Å². The summed E-state index contributed by atoms with van der Waals surface area (Å²) < 4.78 is 11.6. The average molecular weight is 587 g/mol. The van der Waals surface area contributed by atoms with Gasteiger partial charge in [0.2, 0.25) is 0 Å². The van der Waals surface area contributed by atoms with Gasteiger partial charge in [-0.1, -0.05) is 60.7 Å². The second kappa shape index (κ2) is 18.2. The number of aliphatic carboxylic acids is 3. The van der Waals surface area contributed by atoms with Gasteiger partial charge in [0.25, 0.3) is 0 Å². The molecule has 4 N–H and O–H groups in total. The molecule has 12 heteroatoms. The molecule has 3 rings (SSSR count). The number of benzene rings is 2. The van der Waals surface area contributed by atoms with Gasteiger partial charge in [-0.05, 0) is 11.1 Å². The number of nitrogens with zero attached hydrogens (tertiary/aromatic N) is 3. The number of carboxylic acids is 3. The van der Waals surface area contributed by atoms with Gasteiger partial charge in [0, 0.05) is 52.4 Å². The molecule has 0 aliphatic carbocycles. The van der Waals surface area contributed by atoms with E-state index in [-0.39, 0.29) is 52.6 Å². The fraction of sp³-hybridized carbons (Fsp3) is 0.500. The van der Waals surface area contributed by atoms with Crippen LogP contribution < -0.4 is 5.32 Å². The molecule has 2 unspecified atom stereocenters. The minimum Gasteiger partial charge on any atom is -0.480 e. The van der Waals surface area contributed by atoms with Crippen LogP contribution in [0.5, 0.6) is 0 Å². The molecule has 42 heavy (non-hydrogen) atoms. The third-order valence-corrected chi connectivity index (χ3v) is 7.14. The van der Waals surface area contributed by atoms with Crippen LogP contribution in [0.3, 0.4) is 0 Å². The first-order chi connectivity index (χ1) is 20.3. The number of hydrogen-bond donors (Lipinski definition) is 4. The Hall–Kier alpha value is -3.39. The minimum atomic E-state index is -1.06. The van der Waals surface area contributed by atoms with Gasteiger partial charge in [-0.25, -0.2) is 0 Å². The van der Waals surface area contributed by atoms with Crippen LogP contribution in [-0.2, 0) is 37.1 Å². The van der Waals surface area contributed by atoms with Gasteiger partial charge in [0.1, 0.15) is 12.1 Å². The molecule has 1 fully saturated rings. The quantitative estimate of drug-likeness (QED) is 0.249. The Morgan fingerprint density at radius 2 is 1.12 bits per heavy atom. The molecule has 0 radical (unpaired) electrons. The largest absolute Gasteiger partial charge is 0.480 e. The summed E-state index contributed by atoms with van der Waals surface area (Å²) in [6.45, 7) is 3.21. The highest BCUT2D eigenvalue weighted by Gasteiger charge is 2.30. The first kappa shape index (κ1) is 33.1. The Balaban J connectivity index is 1.72. The van der Waals surface area contributed by atoms with Gasteiger partial charge < -0.3 is 30.1 Å². The molecule has 1 aliphatic heterocycles. The molecule has 12 nitrogen and oxygen atoms in total.